The molecule has 4 heteroatoms. The third kappa shape index (κ3) is 3.89. The predicted octanol–water partition coefficient (Wildman–Crippen LogP) is 6.51. The van der Waals surface area contributed by atoms with Crippen LogP contribution in [0, 0.1) is 6.92 Å². The van der Waals surface area contributed by atoms with Gasteiger partial charge in [0.25, 0.3) is 0 Å². The van der Waals surface area contributed by atoms with Gasteiger partial charge < -0.3 is 4.57 Å². The van der Waals surface area contributed by atoms with Gasteiger partial charge in [0, 0.05) is 26.8 Å². The number of rotatable bonds is 1. The van der Waals surface area contributed by atoms with Gasteiger partial charge >= 0.3 is 0 Å². The van der Waals surface area contributed by atoms with Crippen LogP contribution in [0.2, 0.25) is 0 Å². The van der Waals surface area contributed by atoms with Gasteiger partial charge in [-0.2, -0.15) is 0 Å². The fourth-order valence-corrected chi connectivity index (χ4v) is 11.2. The zero-order valence-corrected chi connectivity index (χ0v) is 20.3. The molecule has 3 unspecified atom stereocenters. The Morgan fingerprint density at radius 1 is 1.12 bits per heavy atom. The summed E-state index contributed by atoms with van der Waals surface area (Å²) in [5, 5.41) is 1.13. The highest BCUT2D eigenvalue weighted by Gasteiger charge is 2.50. The van der Waals surface area contributed by atoms with Crippen molar-refractivity contribution < 1.29 is 4.57 Å². The van der Waals surface area contributed by atoms with Crippen LogP contribution in [0.4, 0.5) is 0 Å². The van der Waals surface area contributed by atoms with Crippen LogP contribution in [0.15, 0.2) is 12.1 Å². The first kappa shape index (κ1) is 20.7. The molecular formula is C20H31Br2OP. The van der Waals surface area contributed by atoms with Crippen LogP contribution in [0.3, 0.4) is 0 Å². The lowest BCUT2D eigenvalue weighted by Crippen LogP contribution is -2.29. The number of aryl methyl sites for hydroxylation is 1. The molecule has 0 saturated carbocycles. The fourth-order valence-electron chi connectivity index (χ4n) is 3.61. The molecule has 1 aromatic carbocycles. The molecular weight excluding hydrogens is 447 g/mol. The molecule has 24 heavy (non-hydrogen) atoms. The number of alkyl halides is 2. The van der Waals surface area contributed by atoms with Crippen LogP contribution in [-0.4, -0.2) is 21.5 Å². The fraction of sp³-hybridized carbons (Fsp3) is 0.700. The number of halogens is 2. The summed E-state index contributed by atoms with van der Waals surface area (Å²) in [5.41, 5.74) is 3.86. The van der Waals surface area contributed by atoms with E-state index in [0.29, 0.717) is 6.16 Å². The van der Waals surface area contributed by atoms with Gasteiger partial charge in [0.2, 0.25) is 0 Å². The molecule has 2 rings (SSSR count). The van der Waals surface area contributed by atoms with Crippen molar-refractivity contribution in [2.24, 2.45) is 0 Å². The maximum absolute atomic E-state index is 14.0. The standard InChI is InChI=1S/C20H31Br2OP/c1-13-9-14(18(2,3)4)10-15(19(5,6)7)17(13)24(23)11-16(21)20(8,22)12-24/h9-10,16H,11-12H2,1-8H3. The van der Waals surface area contributed by atoms with E-state index in [2.05, 4.69) is 99.4 Å². The van der Waals surface area contributed by atoms with E-state index in [0.717, 1.165) is 11.5 Å². The molecule has 0 aliphatic carbocycles. The highest BCUT2D eigenvalue weighted by molar-refractivity contribution is 9.12. The number of hydrogen-bond donors (Lipinski definition) is 0. The highest BCUT2D eigenvalue weighted by Crippen LogP contribution is 2.61. The third-order valence-corrected chi connectivity index (χ3v) is 12.3. The summed E-state index contributed by atoms with van der Waals surface area (Å²) in [4.78, 5) is 0.241. The van der Waals surface area contributed by atoms with Gasteiger partial charge in [-0.1, -0.05) is 85.5 Å². The summed E-state index contributed by atoms with van der Waals surface area (Å²) >= 11 is 7.57. The Morgan fingerprint density at radius 3 is 2.04 bits per heavy atom. The van der Waals surface area contributed by atoms with E-state index in [1.165, 1.54) is 16.7 Å². The van der Waals surface area contributed by atoms with E-state index in [9.17, 15) is 4.57 Å². The second kappa shape index (κ2) is 6.24. The summed E-state index contributed by atoms with van der Waals surface area (Å²) in [6.07, 6.45) is 1.45. The average Bonchev–Trinajstić information content (AvgIpc) is 2.55. The van der Waals surface area contributed by atoms with Crippen molar-refractivity contribution >= 4 is 44.3 Å². The largest absolute Gasteiger partial charge is 0.319 e. The van der Waals surface area contributed by atoms with Crippen LogP contribution < -0.4 is 5.30 Å². The maximum Gasteiger partial charge on any atom is 0.118 e. The summed E-state index contributed by atoms with van der Waals surface area (Å²) in [6, 6.07) is 4.58. The van der Waals surface area contributed by atoms with Crippen molar-refractivity contribution in [3.8, 4) is 0 Å². The molecule has 0 amide bonds. The minimum atomic E-state index is -2.44. The Kier molecular flexibility index (Phi) is 5.39. The Labute approximate surface area is 165 Å². The van der Waals surface area contributed by atoms with E-state index in [4.69, 9.17) is 0 Å². The quantitative estimate of drug-likeness (QED) is 0.332. The zero-order valence-electron chi connectivity index (χ0n) is 16.3. The van der Waals surface area contributed by atoms with E-state index >= 15 is 0 Å². The summed E-state index contributed by atoms with van der Waals surface area (Å²) in [7, 11) is -2.44. The second-order valence-electron chi connectivity index (χ2n) is 9.66. The first-order valence-electron chi connectivity index (χ1n) is 8.65. The molecule has 0 N–H and O–H groups in total. The molecule has 0 aromatic heterocycles. The molecule has 0 spiro atoms. The van der Waals surface area contributed by atoms with Gasteiger partial charge in [-0.3, -0.25) is 0 Å². The molecule has 1 aliphatic heterocycles. The molecule has 136 valence electrons. The van der Waals surface area contributed by atoms with Gasteiger partial charge in [-0.05, 0) is 41.4 Å². The first-order chi connectivity index (χ1) is 10.6. The lowest BCUT2D eigenvalue weighted by Gasteiger charge is -2.31. The van der Waals surface area contributed by atoms with Crippen LogP contribution in [0.5, 0.6) is 0 Å². The predicted molar refractivity (Wildman–Crippen MR) is 116 cm³/mol. The van der Waals surface area contributed by atoms with Crippen LogP contribution in [0.1, 0.15) is 65.2 Å². The van der Waals surface area contributed by atoms with Crippen molar-refractivity contribution in [2.45, 2.75) is 75.4 Å². The Hall–Kier alpha value is 0.410. The molecule has 1 saturated heterocycles. The molecule has 1 aliphatic rings. The van der Waals surface area contributed by atoms with Crippen LogP contribution in [0.25, 0.3) is 0 Å². The van der Waals surface area contributed by atoms with Crippen molar-refractivity contribution in [1.29, 1.82) is 0 Å². The number of benzene rings is 1. The topological polar surface area (TPSA) is 17.1 Å². The lowest BCUT2D eigenvalue weighted by atomic mass is 9.79. The van der Waals surface area contributed by atoms with Gasteiger partial charge in [-0.15, -0.1) is 0 Å². The Bertz CT molecular complexity index is 693. The Balaban J connectivity index is 2.74. The van der Waals surface area contributed by atoms with Gasteiger partial charge in [0.05, 0.1) is 0 Å². The molecule has 1 nitrogen and oxygen atoms in total. The van der Waals surface area contributed by atoms with E-state index < -0.39 is 7.14 Å². The maximum atomic E-state index is 14.0. The normalized spacial score (nSPS) is 31.5. The third-order valence-electron chi connectivity index (χ3n) is 5.05. The second-order valence-corrected chi connectivity index (χ2v) is 15.5. The van der Waals surface area contributed by atoms with Crippen LogP contribution in [-0.2, 0) is 15.4 Å². The van der Waals surface area contributed by atoms with Crippen molar-refractivity contribution in [3.05, 3.63) is 28.8 Å². The van der Waals surface area contributed by atoms with Gasteiger partial charge in [-0.25, -0.2) is 0 Å². The van der Waals surface area contributed by atoms with Gasteiger partial charge in [0.1, 0.15) is 7.14 Å². The molecule has 0 bridgehead atoms. The summed E-state index contributed by atoms with van der Waals surface area (Å²) in [6.45, 7) is 17.7. The average molecular weight is 478 g/mol. The SMILES string of the molecule is Cc1cc(C(C)(C)C)cc(C(C)(C)C)c1P1(=O)CC(Br)C(C)(Br)C1. The summed E-state index contributed by atoms with van der Waals surface area (Å²) < 4.78 is 13.9. The molecule has 0 radical (unpaired) electrons. The minimum Gasteiger partial charge on any atom is -0.319 e. The Morgan fingerprint density at radius 2 is 1.67 bits per heavy atom. The van der Waals surface area contributed by atoms with E-state index in [-0.39, 0.29) is 20.0 Å². The smallest absolute Gasteiger partial charge is 0.118 e. The molecule has 1 fully saturated rings. The number of hydrogen-bond acceptors (Lipinski definition) is 1. The van der Waals surface area contributed by atoms with Crippen LogP contribution >= 0.6 is 39.0 Å². The highest BCUT2D eigenvalue weighted by atomic mass is 79.9. The first-order valence-corrected chi connectivity index (χ1v) is 12.4. The van der Waals surface area contributed by atoms with E-state index in [1.807, 2.05) is 0 Å². The molecule has 3 atom stereocenters. The summed E-state index contributed by atoms with van der Waals surface area (Å²) in [5.74, 6) is 0. The van der Waals surface area contributed by atoms with E-state index in [1.54, 1.807) is 0 Å². The monoisotopic (exact) mass is 476 g/mol. The van der Waals surface area contributed by atoms with Crippen molar-refractivity contribution in [3.63, 3.8) is 0 Å². The molecule has 1 heterocycles. The van der Waals surface area contributed by atoms with Crippen molar-refractivity contribution in [1.82, 2.24) is 0 Å². The lowest BCUT2D eigenvalue weighted by molar-refractivity contribution is 0.565. The molecule has 1 aromatic rings. The van der Waals surface area contributed by atoms with Crippen molar-refractivity contribution in [2.75, 3.05) is 12.3 Å². The zero-order chi connectivity index (χ0) is 18.7. The van der Waals surface area contributed by atoms with Gasteiger partial charge in [0.15, 0.2) is 0 Å². The minimum absolute atomic E-state index is 0.0219.